The van der Waals surface area contributed by atoms with Crippen LogP contribution in [0.25, 0.3) is 0 Å². The lowest BCUT2D eigenvalue weighted by atomic mass is 10.0. The Labute approximate surface area is 116 Å². The Balaban J connectivity index is 1.80. The maximum atomic E-state index is 10.2. The van der Waals surface area contributed by atoms with Crippen molar-refractivity contribution in [3.8, 4) is 0 Å². The van der Waals surface area contributed by atoms with Gasteiger partial charge in [-0.25, -0.2) is 0 Å². The highest BCUT2D eigenvalue weighted by Crippen LogP contribution is 2.18. The number of benzene rings is 1. The monoisotopic (exact) mass is 263 g/mol. The number of hydrogen-bond donors (Lipinski definition) is 1. The van der Waals surface area contributed by atoms with Crippen LogP contribution in [0, 0.1) is 12.8 Å². The van der Waals surface area contributed by atoms with Crippen LogP contribution in [0.5, 0.6) is 0 Å². The molecule has 2 unspecified atom stereocenters. The molecule has 1 fully saturated rings. The molecular weight excluding hydrogens is 238 g/mol. The van der Waals surface area contributed by atoms with E-state index in [2.05, 4.69) is 18.9 Å². The summed E-state index contributed by atoms with van der Waals surface area (Å²) in [4.78, 5) is 2.21. The van der Waals surface area contributed by atoms with E-state index in [1.54, 1.807) is 0 Å². The minimum atomic E-state index is -0.407. The van der Waals surface area contributed by atoms with Crippen molar-refractivity contribution in [3.63, 3.8) is 0 Å². The summed E-state index contributed by atoms with van der Waals surface area (Å²) in [6.07, 6.45) is 2.00. The number of likely N-dealkylation sites (N-methyl/N-ethyl adjacent to an activating group) is 1. The molecule has 1 aromatic rings. The summed E-state index contributed by atoms with van der Waals surface area (Å²) in [5.41, 5.74) is 2.22. The largest absolute Gasteiger partial charge is 0.387 e. The molecule has 1 aliphatic rings. The molecular formula is C16H25NO2. The van der Waals surface area contributed by atoms with Crippen LogP contribution in [-0.4, -0.2) is 43.4 Å². The van der Waals surface area contributed by atoms with Gasteiger partial charge in [-0.05, 0) is 38.3 Å². The molecule has 0 spiro atoms. The highest BCUT2D eigenvalue weighted by molar-refractivity contribution is 5.23. The van der Waals surface area contributed by atoms with Crippen molar-refractivity contribution in [2.45, 2.75) is 25.9 Å². The molecule has 0 radical (unpaired) electrons. The molecule has 106 valence electrons. The van der Waals surface area contributed by atoms with E-state index >= 15 is 0 Å². The number of hydrogen-bond acceptors (Lipinski definition) is 3. The second-order valence-electron chi connectivity index (χ2n) is 5.73. The molecule has 2 rings (SSSR count). The Kier molecular flexibility index (Phi) is 5.37. The van der Waals surface area contributed by atoms with Crippen molar-refractivity contribution in [2.75, 3.05) is 33.4 Å². The van der Waals surface area contributed by atoms with Crippen molar-refractivity contribution in [1.29, 1.82) is 0 Å². The van der Waals surface area contributed by atoms with Gasteiger partial charge < -0.3 is 14.7 Å². The van der Waals surface area contributed by atoms with E-state index in [-0.39, 0.29) is 0 Å². The van der Waals surface area contributed by atoms with Gasteiger partial charge in [0.05, 0.1) is 12.7 Å². The molecule has 0 bridgehead atoms. The average Bonchev–Trinajstić information content (AvgIpc) is 2.40. The molecule has 1 heterocycles. The fourth-order valence-corrected chi connectivity index (χ4v) is 2.66. The van der Waals surface area contributed by atoms with Crippen molar-refractivity contribution in [2.24, 2.45) is 5.92 Å². The number of aryl methyl sites for hydroxylation is 1. The van der Waals surface area contributed by atoms with Crippen LogP contribution in [0.3, 0.4) is 0 Å². The predicted octanol–water partition coefficient (Wildman–Crippen LogP) is 2.39. The minimum Gasteiger partial charge on any atom is -0.387 e. The molecule has 2 atom stereocenters. The zero-order chi connectivity index (χ0) is 13.7. The summed E-state index contributed by atoms with van der Waals surface area (Å²) in [6, 6.07) is 8.12. The first kappa shape index (κ1) is 14.5. The first-order chi connectivity index (χ1) is 9.15. The third-order valence-electron chi connectivity index (χ3n) is 3.77. The number of aliphatic hydroxyl groups excluding tert-OH is 1. The summed E-state index contributed by atoms with van der Waals surface area (Å²) in [6.45, 7) is 5.52. The predicted molar refractivity (Wildman–Crippen MR) is 77.2 cm³/mol. The fraction of sp³-hybridized carbons (Fsp3) is 0.625. The Bertz CT molecular complexity index is 371. The molecule has 19 heavy (non-hydrogen) atoms. The Morgan fingerprint density at radius 3 is 2.74 bits per heavy atom. The van der Waals surface area contributed by atoms with Crippen LogP contribution in [0.15, 0.2) is 24.3 Å². The van der Waals surface area contributed by atoms with Gasteiger partial charge in [-0.2, -0.15) is 0 Å². The summed E-state index contributed by atoms with van der Waals surface area (Å²) < 4.78 is 5.50. The summed E-state index contributed by atoms with van der Waals surface area (Å²) >= 11 is 0. The lowest BCUT2D eigenvalue weighted by Crippen LogP contribution is -2.33. The third kappa shape index (κ3) is 4.60. The van der Waals surface area contributed by atoms with E-state index in [4.69, 9.17) is 4.74 Å². The van der Waals surface area contributed by atoms with Gasteiger partial charge in [-0.15, -0.1) is 0 Å². The van der Waals surface area contributed by atoms with Crippen LogP contribution < -0.4 is 0 Å². The van der Waals surface area contributed by atoms with Gasteiger partial charge in [0.1, 0.15) is 0 Å². The van der Waals surface area contributed by atoms with Gasteiger partial charge in [-0.1, -0.05) is 29.8 Å². The van der Waals surface area contributed by atoms with Crippen LogP contribution in [-0.2, 0) is 4.74 Å². The minimum absolute atomic E-state index is 0.407. The third-order valence-corrected chi connectivity index (χ3v) is 3.77. The van der Waals surface area contributed by atoms with Gasteiger partial charge in [0, 0.05) is 19.7 Å². The lowest BCUT2D eigenvalue weighted by Gasteiger charge is -2.28. The number of rotatable bonds is 5. The Morgan fingerprint density at radius 1 is 1.37 bits per heavy atom. The van der Waals surface area contributed by atoms with Crippen LogP contribution >= 0.6 is 0 Å². The van der Waals surface area contributed by atoms with E-state index in [9.17, 15) is 5.11 Å². The topological polar surface area (TPSA) is 32.7 Å². The van der Waals surface area contributed by atoms with Gasteiger partial charge in [0.2, 0.25) is 0 Å². The van der Waals surface area contributed by atoms with Gasteiger partial charge in [-0.3, -0.25) is 0 Å². The SMILES string of the molecule is Cc1ccc(C(O)CN(C)CC2CCCOC2)cc1. The molecule has 0 amide bonds. The molecule has 1 saturated heterocycles. The second kappa shape index (κ2) is 7.04. The average molecular weight is 263 g/mol. The number of nitrogens with zero attached hydrogens (tertiary/aromatic N) is 1. The quantitative estimate of drug-likeness (QED) is 0.885. The van der Waals surface area contributed by atoms with Crippen molar-refractivity contribution >= 4 is 0 Å². The maximum absolute atomic E-state index is 10.2. The highest BCUT2D eigenvalue weighted by atomic mass is 16.5. The zero-order valence-corrected chi connectivity index (χ0v) is 12.0. The van der Waals surface area contributed by atoms with Crippen LogP contribution in [0.1, 0.15) is 30.1 Å². The molecule has 0 saturated carbocycles. The summed E-state index contributed by atoms with van der Waals surface area (Å²) in [7, 11) is 2.08. The number of aliphatic hydroxyl groups is 1. The fourth-order valence-electron chi connectivity index (χ4n) is 2.66. The molecule has 0 aromatic heterocycles. The molecule has 3 nitrogen and oxygen atoms in total. The van der Waals surface area contributed by atoms with Gasteiger partial charge >= 0.3 is 0 Å². The van der Waals surface area contributed by atoms with Gasteiger partial charge in [0.25, 0.3) is 0 Å². The van der Waals surface area contributed by atoms with Crippen molar-refractivity contribution in [1.82, 2.24) is 4.90 Å². The first-order valence-corrected chi connectivity index (χ1v) is 7.16. The lowest BCUT2D eigenvalue weighted by molar-refractivity contribution is 0.0342. The maximum Gasteiger partial charge on any atom is 0.0916 e. The molecule has 1 aliphatic heterocycles. The summed E-state index contributed by atoms with van der Waals surface area (Å²) in [5.74, 6) is 0.615. The second-order valence-corrected chi connectivity index (χ2v) is 5.73. The molecule has 1 aromatic carbocycles. The zero-order valence-electron chi connectivity index (χ0n) is 12.0. The van der Waals surface area contributed by atoms with E-state index < -0.39 is 6.10 Å². The van der Waals surface area contributed by atoms with E-state index in [0.717, 1.165) is 25.3 Å². The Morgan fingerprint density at radius 2 is 2.11 bits per heavy atom. The van der Waals surface area contributed by atoms with Crippen LogP contribution in [0.2, 0.25) is 0 Å². The van der Waals surface area contributed by atoms with Gasteiger partial charge in [0.15, 0.2) is 0 Å². The van der Waals surface area contributed by atoms with E-state index in [0.29, 0.717) is 12.5 Å². The van der Waals surface area contributed by atoms with E-state index in [1.165, 1.54) is 18.4 Å². The highest BCUT2D eigenvalue weighted by Gasteiger charge is 2.18. The Hall–Kier alpha value is -0.900. The van der Waals surface area contributed by atoms with E-state index in [1.807, 2.05) is 24.3 Å². The normalized spacial score (nSPS) is 21.6. The van der Waals surface area contributed by atoms with Crippen molar-refractivity contribution < 1.29 is 9.84 Å². The standard InChI is InChI=1S/C16H25NO2/c1-13-5-7-15(8-6-13)16(18)11-17(2)10-14-4-3-9-19-12-14/h5-8,14,16,18H,3-4,9-12H2,1-2H3. The molecule has 3 heteroatoms. The molecule has 1 N–H and O–H groups in total. The first-order valence-electron chi connectivity index (χ1n) is 7.16. The number of ether oxygens (including phenoxy) is 1. The van der Waals surface area contributed by atoms with Crippen molar-refractivity contribution in [3.05, 3.63) is 35.4 Å². The molecule has 0 aliphatic carbocycles. The summed E-state index contributed by atoms with van der Waals surface area (Å²) in [5, 5.41) is 10.2. The van der Waals surface area contributed by atoms with Crippen LogP contribution in [0.4, 0.5) is 0 Å². The smallest absolute Gasteiger partial charge is 0.0916 e.